The molecular formula is C15H24N4O2. The molecule has 6 nitrogen and oxygen atoms in total. The molecule has 1 aliphatic heterocycles. The van der Waals surface area contributed by atoms with Crippen LogP contribution in [0.3, 0.4) is 0 Å². The number of aromatic carboxylic acids is 1. The third kappa shape index (κ3) is 4.67. The first-order valence-electron chi connectivity index (χ1n) is 7.63. The number of hydrogen-bond donors (Lipinski definition) is 2. The average Bonchev–Trinajstić information content (AvgIpc) is 2.44. The van der Waals surface area contributed by atoms with Crippen LogP contribution in [0, 0.1) is 6.92 Å². The van der Waals surface area contributed by atoms with Gasteiger partial charge in [-0.25, -0.2) is 14.8 Å². The Balaban J connectivity index is 1.79. The number of carbonyl (C=O) groups is 1. The molecule has 2 N–H and O–H groups in total. The lowest BCUT2D eigenvalue weighted by Gasteiger charge is -2.33. The van der Waals surface area contributed by atoms with E-state index >= 15 is 0 Å². The van der Waals surface area contributed by atoms with E-state index in [0.717, 1.165) is 19.5 Å². The minimum Gasteiger partial charge on any atom is -0.477 e. The van der Waals surface area contributed by atoms with Crippen molar-refractivity contribution in [1.29, 1.82) is 0 Å². The third-order valence-electron chi connectivity index (χ3n) is 3.92. The number of anilines is 1. The number of aromatic nitrogens is 2. The molecule has 0 radical (unpaired) electrons. The van der Waals surface area contributed by atoms with Crippen LogP contribution in [0.2, 0.25) is 0 Å². The molecule has 1 aromatic rings. The fraction of sp³-hybridized carbons (Fsp3) is 0.667. The van der Waals surface area contributed by atoms with Crippen molar-refractivity contribution in [3.63, 3.8) is 0 Å². The molecule has 1 unspecified atom stereocenters. The van der Waals surface area contributed by atoms with Gasteiger partial charge in [0.25, 0.3) is 0 Å². The topological polar surface area (TPSA) is 78.3 Å². The van der Waals surface area contributed by atoms with Gasteiger partial charge in [0.05, 0.1) is 0 Å². The van der Waals surface area contributed by atoms with Crippen molar-refractivity contribution in [2.45, 2.75) is 45.6 Å². The molecule has 2 rings (SSSR count). The summed E-state index contributed by atoms with van der Waals surface area (Å²) in [6.45, 7) is 7.06. The number of likely N-dealkylation sites (tertiary alicyclic amines) is 1. The quantitative estimate of drug-likeness (QED) is 0.782. The zero-order chi connectivity index (χ0) is 15.2. The summed E-state index contributed by atoms with van der Waals surface area (Å²) in [7, 11) is 0. The second-order valence-electron chi connectivity index (χ2n) is 5.68. The summed E-state index contributed by atoms with van der Waals surface area (Å²) in [5.74, 6) is -0.621. The third-order valence-corrected chi connectivity index (χ3v) is 3.92. The molecule has 2 heterocycles. The highest BCUT2D eigenvalue weighted by atomic mass is 16.4. The van der Waals surface area contributed by atoms with Crippen LogP contribution in [-0.2, 0) is 0 Å². The fourth-order valence-corrected chi connectivity index (χ4v) is 2.73. The van der Waals surface area contributed by atoms with Crippen LogP contribution in [0.25, 0.3) is 0 Å². The molecule has 1 saturated heterocycles. The van der Waals surface area contributed by atoms with E-state index in [2.05, 4.69) is 27.1 Å². The van der Waals surface area contributed by atoms with Crippen molar-refractivity contribution in [3.05, 3.63) is 17.5 Å². The van der Waals surface area contributed by atoms with Gasteiger partial charge in [0.15, 0.2) is 5.69 Å². The lowest BCUT2D eigenvalue weighted by Crippen LogP contribution is -2.38. The summed E-state index contributed by atoms with van der Waals surface area (Å²) < 4.78 is 0. The van der Waals surface area contributed by atoms with Gasteiger partial charge in [-0.05, 0) is 45.7 Å². The standard InChI is InChI=1S/C15H24N4O2/c1-11-10-13(14(20)21)18-15(17-11)16-7-5-9-19-8-4-3-6-12(19)2/h10,12H,3-9H2,1-2H3,(H,20,21)(H,16,17,18). The van der Waals surface area contributed by atoms with Crippen LogP contribution in [0.1, 0.15) is 48.8 Å². The molecule has 6 heteroatoms. The number of carboxylic acid groups (broad SMARTS) is 1. The summed E-state index contributed by atoms with van der Waals surface area (Å²) in [6.07, 6.45) is 4.92. The summed E-state index contributed by atoms with van der Waals surface area (Å²) in [5, 5.41) is 12.1. The van der Waals surface area contributed by atoms with Gasteiger partial charge in [0, 0.05) is 24.8 Å². The maximum atomic E-state index is 11.0. The Morgan fingerprint density at radius 3 is 3.00 bits per heavy atom. The van der Waals surface area contributed by atoms with Gasteiger partial charge in [0.1, 0.15) is 0 Å². The van der Waals surface area contributed by atoms with Gasteiger partial charge in [-0.15, -0.1) is 0 Å². The molecule has 0 bridgehead atoms. The molecule has 0 saturated carbocycles. The zero-order valence-electron chi connectivity index (χ0n) is 12.8. The highest BCUT2D eigenvalue weighted by Crippen LogP contribution is 2.16. The van der Waals surface area contributed by atoms with Crippen molar-refractivity contribution in [2.75, 3.05) is 25.0 Å². The Labute approximate surface area is 125 Å². The molecule has 0 aliphatic carbocycles. The first-order valence-corrected chi connectivity index (χ1v) is 7.63. The van der Waals surface area contributed by atoms with E-state index in [1.165, 1.54) is 31.9 Å². The van der Waals surface area contributed by atoms with Crippen LogP contribution in [0.5, 0.6) is 0 Å². The van der Waals surface area contributed by atoms with Gasteiger partial charge < -0.3 is 15.3 Å². The van der Waals surface area contributed by atoms with Crippen molar-refractivity contribution < 1.29 is 9.90 Å². The van der Waals surface area contributed by atoms with Crippen LogP contribution in [0.15, 0.2) is 6.07 Å². The van der Waals surface area contributed by atoms with Crippen molar-refractivity contribution >= 4 is 11.9 Å². The first kappa shape index (κ1) is 15.7. The zero-order valence-corrected chi connectivity index (χ0v) is 12.8. The fourth-order valence-electron chi connectivity index (χ4n) is 2.73. The number of rotatable bonds is 6. The highest BCUT2D eigenvalue weighted by molar-refractivity contribution is 5.85. The Kier molecular flexibility index (Phi) is 5.50. The molecule has 0 amide bonds. The Morgan fingerprint density at radius 2 is 2.29 bits per heavy atom. The summed E-state index contributed by atoms with van der Waals surface area (Å²) in [4.78, 5) is 21.7. The molecule has 0 spiro atoms. The molecule has 21 heavy (non-hydrogen) atoms. The number of nitrogens with one attached hydrogen (secondary N) is 1. The monoisotopic (exact) mass is 292 g/mol. The van der Waals surface area contributed by atoms with Gasteiger partial charge in [-0.1, -0.05) is 6.42 Å². The highest BCUT2D eigenvalue weighted by Gasteiger charge is 2.17. The van der Waals surface area contributed by atoms with Crippen molar-refractivity contribution in [1.82, 2.24) is 14.9 Å². The number of nitrogens with zero attached hydrogens (tertiary/aromatic N) is 3. The second kappa shape index (κ2) is 7.36. The molecular weight excluding hydrogens is 268 g/mol. The lowest BCUT2D eigenvalue weighted by molar-refractivity contribution is 0.0690. The van der Waals surface area contributed by atoms with Crippen LogP contribution in [0.4, 0.5) is 5.95 Å². The average molecular weight is 292 g/mol. The van der Waals surface area contributed by atoms with E-state index < -0.39 is 5.97 Å². The smallest absolute Gasteiger partial charge is 0.354 e. The maximum Gasteiger partial charge on any atom is 0.354 e. The number of piperidine rings is 1. The van der Waals surface area contributed by atoms with E-state index in [9.17, 15) is 4.79 Å². The summed E-state index contributed by atoms with van der Waals surface area (Å²) >= 11 is 0. The van der Waals surface area contributed by atoms with Crippen molar-refractivity contribution in [3.8, 4) is 0 Å². The normalized spacial score (nSPS) is 19.4. The Hall–Kier alpha value is -1.69. The summed E-state index contributed by atoms with van der Waals surface area (Å²) in [6, 6.07) is 2.15. The van der Waals surface area contributed by atoms with Crippen LogP contribution >= 0.6 is 0 Å². The minimum atomic E-state index is -1.02. The van der Waals surface area contributed by atoms with E-state index in [1.807, 2.05) is 0 Å². The van der Waals surface area contributed by atoms with Crippen molar-refractivity contribution in [2.24, 2.45) is 0 Å². The van der Waals surface area contributed by atoms with Crippen LogP contribution < -0.4 is 5.32 Å². The number of aryl methyl sites for hydroxylation is 1. The molecule has 1 fully saturated rings. The Bertz CT molecular complexity index is 493. The van der Waals surface area contributed by atoms with E-state index in [0.29, 0.717) is 17.7 Å². The van der Waals surface area contributed by atoms with Gasteiger partial charge >= 0.3 is 5.97 Å². The van der Waals surface area contributed by atoms with Gasteiger partial charge in [0.2, 0.25) is 5.95 Å². The van der Waals surface area contributed by atoms with E-state index in [-0.39, 0.29) is 5.69 Å². The molecule has 0 aromatic carbocycles. The Morgan fingerprint density at radius 1 is 1.48 bits per heavy atom. The number of carboxylic acids is 1. The molecule has 116 valence electrons. The maximum absolute atomic E-state index is 11.0. The SMILES string of the molecule is Cc1cc(C(=O)O)nc(NCCCN2CCCCC2C)n1. The predicted octanol–water partition coefficient (Wildman–Crippen LogP) is 2.16. The van der Waals surface area contributed by atoms with Gasteiger partial charge in [-0.2, -0.15) is 0 Å². The predicted molar refractivity (Wildman–Crippen MR) is 81.7 cm³/mol. The van der Waals surface area contributed by atoms with E-state index in [1.54, 1.807) is 6.92 Å². The van der Waals surface area contributed by atoms with Gasteiger partial charge in [-0.3, -0.25) is 0 Å². The van der Waals surface area contributed by atoms with Crippen LogP contribution in [-0.4, -0.2) is 51.6 Å². The molecule has 1 aromatic heterocycles. The molecule has 1 atom stereocenters. The summed E-state index contributed by atoms with van der Waals surface area (Å²) in [5.41, 5.74) is 0.698. The largest absolute Gasteiger partial charge is 0.477 e. The minimum absolute atomic E-state index is 0.0367. The molecule has 1 aliphatic rings. The second-order valence-corrected chi connectivity index (χ2v) is 5.68. The first-order chi connectivity index (χ1) is 10.1. The number of hydrogen-bond acceptors (Lipinski definition) is 5. The van der Waals surface area contributed by atoms with E-state index in [4.69, 9.17) is 5.11 Å². The lowest BCUT2D eigenvalue weighted by atomic mass is 10.0.